The van der Waals surface area contributed by atoms with Crippen molar-refractivity contribution in [3.05, 3.63) is 16.1 Å². The van der Waals surface area contributed by atoms with Crippen LogP contribution in [-0.4, -0.2) is 29.1 Å². The van der Waals surface area contributed by atoms with Crippen molar-refractivity contribution in [2.75, 3.05) is 13.2 Å². The summed E-state index contributed by atoms with van der Waals surface area (Å²) in [5.74, 6) is -0.0854. The fourth-order valence-electron chi connectivity index (χ4n) is 1.07. The summed E-state index contributed by atoms with van der Waals surface area (Å²) < 4.78 is 0. The van der Waals surface area contributed by atoms with Gasteiger partial charge in [0.1, 0.15) is 4.88 Å². The Hall–Kier alpha value is -0.940. The quantitative estimate of drug-likeness (QED) is 0.713. The molecule has 0 aromatic carbocycles. The zero-order valence-electron chi connectivity index (χ0n) is 8.12. The van der Waals surface area contributed by atoms with Crippen molar-refractivity contribution >= 4 is 17.2 Å². The Bertz CT molecular complexity index is 299. The van der Waals surface area contributed by atoms with Crippen LogP contribution in [0.5, 0.6) is 0 Å². The highest BCUT2D eigenvalue weighted by Crippen LogP contribution is 2.13. The maximum absolute atomic E-state index is 11.5. The number of thiazole rings is 1. The summed E-state index contributed by atoms with van der Waals surface area (Å²) in [4.78, 5) is 16.3. The lowest BCUT2D eigenvalue weighted by Gasteiger charge is -2.02. The Morgan fingerprint density at radius 1 is 1.71 bits per heavy atom. The third-order valence-electron chi connectivity index (χ3n) is 1.80. The number of hydrogen-bond donors (Lipinski definition) is 2. The molecular weight excluding hydrogens is 200 g/mol. The van der Waals surface area contributed by atoms with Crippen LogP contribution in [0.2, 0.25) is 0 Å². The first-order chi connectivity index (χ1) is 6.79. The monoisotopic (exact) mass is 214 g/mol. The molecule has 1 heterocycles. The van der Waals surface area contributed by atoms with E-state index < -0.39 is 0 Å². The molecule has 0 saturated carbocycles. The molecule has 0 saturated heterocycles. The summed E-state index contributed by atoms with van der Waals surface area (Å²) >= 11 is 1.35. The molecule has 0 bridgehead atoms. The van der Waals surface area contributed by atoms with Crippen LogP contribution >= 0.6 is 11.3 Å². The average molecular weight is 214 g/mol. The number of nitrogens with one attached hydrogen (secondary N) is 1. The van der Waals surface area contributed by atoms with Crippen LogP contribution in [0.25, 0.3) is 0 Å². The smallest absolute Gasteiger partial charge is 0.263 e. The highest BCUT2D eigenvalue weighted by molar-refractivity contribution is 7.11. The SMILES string of the molecule is CCc1ncsc1C(=O)NCCCO. The van der Waals surface area contributed by atoms with Crippen LogP contribution in [0.3, 0.4) is 0 Å². The molecule has 2 N–H and O–H groups in total. The molecule has 1 aromatic rings. The van der Waals surface area contributed by atoms with E-state index in [2.05, 4.69) is 10.3 Å². The van der Waals surface area contributed by atoms with Gasteiger partial charge < -0.3 is 10.4 Å². The number of carbonyl (C=O) groups is 1. The number of aryl methyl sites for hydroxylation is 1. The molecule has 14 heavy (non-hydrogen) atoms. The molecular formula is C9H14N2O2S. The van der Waals surface area contributed by atoms with Crippen molar-refractivity contribution in [3.8, 4) is 0 Å². The van der Waals surface area contributed by atoms with Crippen LogP contribution in [0.15, 0.2) is 5.51 Å². The van der Waals surface area contributed by atoms with Gasteiger partial charge in [0, 0.05) is 13.2 Å². The third-order valence-corrected chi connectivity index (χ3v) is 2.67. The Kier molecular flexibility index (Phi) is 4.55. The second-order valence-corrected chi connectivity index (χ2v) is 3.67. The normalized spacial score (nSPS) is 10.1. The van der Waals surface area contributed by atoms with E-state index in [0.29, 0.717) is 17.8 Å². The number of rotatable bonds is 5. The molecule has 0 spiro atoms. The number of carbonyl (C=O) groups excluding carboxylic acids is 1. The van der Waals surface area contributed by atoms with Gasteiger partial charge in [0.2, 0.25) is 0 Å². The van der Waals surface area contributed by atoms with Crippen LogP contribution < -0.4 is 5.32 Å². The lowest BCUT2D eigenvalue weighted by molar-refractivity contribution is 0.0954. The first-order valence-corrected chi connectivity index (χ1v) is 5.49. The van der Waals surface area contributed by atoms with Crippen molar-refractivity contribution in [2.24, 2.45) is 0 Å². The van der Waals surface area contributed by atoms with Crippen LogP contribution in [0.1, 0.15) is 28.7 Å². The van der Waals surface area contributed by atoms with Gasteiger partial charge in [-0.25, -0.2) is 4.98 Å². The van der Waals surface area contributed by atoms with Crippen molar-refractivity contribution < 1.29 is 9.90 Å². The van der Waals surface area contributed by atoms with Crippen molar-refractivity contribution in [1.82, 2.24) is 10.3 Å². The molecule has 0 aliphatic carbocycles. The molecule has 0 atom stereocenters. The molecule has 0 unspecified atom stereocenters. The highest BCUT2D eigenvalue weighted by atomic mass is 32.1. The van der Waals surface area contributed by atoms with E-state index >= 15 is 0 Å². The summed E-state index contributed by atoms with van der Waals surface area (Å²) in [5.41, 5.74) is 2.52. The Balaban J connectivity index is 2.51. The lowest BCUT2D eigenvalue weighted by atomic mass is 10.3. The van der Waals surface area contributed by atoms with Gasteiger partial charge in [-0.2, -0.15) is 0 Å². The minimum atomic E-state index is -0.0854. The number of amides is 1. The fraction of sp³-hybridized carbons (Fsp3) is 0.556. The maximum atomic E-state index is 11.5. The summed E-state index contributed by atoms with van der Waals surface area (Å²) in [7, 11) is 0. The molecule has 4 nitrogen and oxygen atoms in total. The summed E-state index contributed by atoms with van der Waals surface area (Å²) in [6.45, 7) is 2.58. The average Bonchev–Trinajstić information content (AvgIpc) is 2.65. The third kappa shape index (κ3) is 2.78. The van der Waals surface area contributed by atoms with Gasteiger partial charge in [0.25, 0.3) is 5.91 Å². The number of aliphatic hydroxyl groups excluding tert-OH is 1. The van der Waals surface area contributed by atoms with E-state index in [0.717, 1.165) is 12.1 Å². The molecule has 0 aliphatic heterocycles. The summed E-state index contributed by atoms with van der Waals surface area (Å²) in [6.07, 6.45) is 1.36. The molecule has 0 radical (unpaired) electrons. The van der Waals surface area contributed by atoms with Crippen molar-refractivity contribution in [1.29, 1.82) is 0 Å². The molecule has 0 fully saturated rings. The van der Waals surface area contributed by atoms with E-state index in [1.165, 1.54) is 11.3 Å². The minimum Gasteiger partial charge on any atom is -0.396 e. The minimum absolute atomic E-state index is 0.0854. The number of aliphatic hydroxyl groups is 1. The van der Waals surface area contributed by atoms with Crippen LogP contribution in [0, 0.1) is 0 Å². The van der Waals surface area contributed by atoms with Gasteiger partial charge in [-0.15, -0.1) is 11.3 Å². The topological polar surface area (TPSA) is 62.2 Å². The fourth-order valence-corrected chi connectivity index (χ4v) is 1.86. The molecule has 78 valence electrons. The zero-order valence-corrected chi connectivity index (χ0v) is 8.93. The number of aromatic nitrogens is 1. The summed E-state index contributed by atoms with van der Waals surface area (Å²) in [6, 6.07) is 0. The Morgan fingerprint density at radius 3 is 3.14 bits per heavy atom. The van der Waals surface area contributed by atoms with Gasteiger partial charge in [-0.3, -0.25) is 4.79 Å². The van der Waals surface area contributed by atoms with E-state index in [1.807, 2.05) is 6.92 Å². The van der Waals surface area contributed by atoms with E-state index in [1.54, 1.807) is 5.51 Å². The van der Waals surface area contributed by atoms with Gasteiger partial charge in [0.05, 0.1) is 11.2 Å². The summed E-state index contributed by atoms with van der Waals surface area (Å²) in [5, 5.41) is 11.3. The maximum Gasteiger partial charge on any atom is 0.263 e. The van der Waals surface area contributed by atoms with Gasteiger partial charge >= 0.3 is 0 Å². The predicted octanol–water partition coefficient (Wildman–Crippen LogP) is 0.818. The van der Waals surface area contributed by atoms with E-state index in [-0.39, 0.29) is 12.5 Å². The van der Waals surface area contributed by atoms with Crippen LogP contribution in [0.4, 0.5) is 0 Å². The number of hydrogen-bond acceptors (Lipinski definition) is 4. The largest absolute Gasteiger partial charge is 0.396 e. The van der Waals surface area contributed by atoms with Crippen LogP contribution in [-0.2, 0) is 6.42 Å². The standard InChI is InChI=1S/C9H14N2O2S/c1-2-7-8(14-6-11-7)9(13)10-4-3-5-12/h6,12H,2-5H2,1H3,(H,10,13). The Morgan fingerprint density at radius 2 is 2.50 bits per heavy atom. The first-order valence-electron chi connectivity index (χ1n) is 4.61. The molecule has 5 heteroatoms. The number of nitrogens with zero attached hydrogens (tertiary/aromatic N) is 1. The van der Waals surface area contributed by atoms with Gasteiger partial charge in [-0.1, -0.05) is 6.92 Å². The second-order valence-electron chi connectivity index (χ2n) is 2.81. The van der Waals surface area contributed by atoms with Gasteiger partial charge in [-0.05, 0) is 12.8 Å². The molecule has 1 aromatic heterocycles. The second kappa shape index (κ2) is 5.72. The van der Waals surface area contributed by atoms with Crippen molar-refractivity contribution in [3.63, 3.8) is 0 Å². The zero-order chi connectivity index (χ0) is 10.4. The Labute approximate surface area is 87.0 Å². The predicted molar refractivity (Wildman–Crippen MR) is 55.5 cm³/mol. The highest BCUT2D eigenvalue weighted by Gasteiger charge is 2.12. The molecule has 1 rings (SSSR count). The van der Waals surface area contributed by atoms with Gasteiger partial charge in [0.15, 0.2) is 0 Å². The van der Waals surface area contributed by atoms with E-state index in [9.17, 15) is 4.79 Å². The lowest BCUT2D eigenvalue weighted by Crippen LogP contribution is -2.25. The molecule has 0 aliphatic rings. The van der Waals surface area contributed by atoms with E-state index in [4.69, 9.17) is 5.11 Å². The first kappa shape index (κ1) is 11.1. The van der Waals surface area contributed by atoms with Crippen molar-refractivity contribution in [2.45, 2.75) is 19.8 Å². The molecule has 1 amide bonds.